The fourth-order valence-corrected chi connectivity index (χ4v) is 1.32. The molecule has 1 N–H and O–H groups in total. The minimum atomic E-state index is -3.50. The number of hydrogen-bond donors (Lipinski definition) is 1. The highest BCUT2D eigenvalue weighted by Gasteiger charge is 2.22. The molecule has 8 heteroatoms. The Morgan fingerprint density at radius 3 is 2.35 bits per heavy atom. The van der Waals surface area contributed by atoms with E-state index in [1.165, 1.54) is 0 Å². The van der Waals surface area contributed by atoms with Crippen LogP contribution in [0.1, 0.15) is 26.7 Å². The van der Waals surface area contributed by atoms with E-state index in [0.717, 1.165) is 6.26 Å². The highest BCUT2D eigenvalue weighted by molar-refractivity contribution is 7.90. The quantitative estimate of drug-likeness (QED) is 0.830. The molecule has 1 heterocycles. The van der Waals surface area contributed by atoms with Gasteiger partial charge < -0.3 is 9.73 Å². The smallest absolute Gasteiger partial charge is 0.335 e. The average molecular weight is 261 g/mol. The number of sulfone groups is 1. The average Bonchev–Trinajstić information content (AvgIpc) is 2.59. The van der Waals surface area contributed by atoms with Gasteiger partial charge in [0.15, 0.2) is 0 Å². The molecule has 7 nitrogen and oxygen atoms in total. The maximum absolute atomic E-state index is 11.5. The van der Waals surface area contributed by atoms with E-state index in [-0.39, 0.29) is 18.3 Å². The third-order valence-electron chi connectivity index (χ3n) is 1.85. The summed E-state index contributed by atoms with van der Waals surface area (Å²) < 4.78 is 27.0. The minimum Gasteiger partial charge on any atom is -0.411 e. The van der Waals surface area contributed by atoms with Crippen LogP contribution >= 0.6 is 0 Å². The summed E-state index contributed by atoms with van der Waals surface area (Å²) >= 11 is 0. The standard InChI is InChI=1S/C9H15N3O4S/c1-9(2,3)7(13)10-5-6-11-12-8(16-6)17(4,14)15/h5H2,1-4H3,(H,10,13). The zero-order valence-electron chi connectivity index (χ0n) is 10.1. The Hall–Kier alpha value is -1.44. The number of nitrogens with one attached hydrogen (secondary N) is 1. The zero-order valence-corrected chi connectivity index (χ0v) is 11.0. The topological polar surface area (TPSA) is 102 Å². The van der Waals surface area contributed by atoms with Gasteiger partial charge >= 0.3 is 5.22 Å². The second-order valence-corrected chi connectivity index (χ2v) is 6.56. The summed E-state index contributed by atoms with van der Waals surface area (Å²) in [6.45, 7) is 5.30. The molecule has 0 saturated heterocycles. The summed E-state index contributed by atoms with van der Waals surface area (Å²) in [6.07, 6.45) is 0.970. The first-order valence-corrected chi connectivity index (χ1v) is 6.80. The van der Waals surface area contributed by atoms with Crippen molar-refractivity contribution in [1.82, 2.24) is 15.5 Å². The van der Waals surface area contributed by atoms with Crippen LogP contribution in [0.2, 0.25) is 0 Å². The van der Waals surface area contributed by atoms with Crippen molar-refractivity contribution in [2.24, 2.45) is 5.41 Å². The van der Waals surface area contributed by atoms with Gasteiger partial charge in [0, 0.05) is 11.7 Å². The molecule has 96 valence electrons. The fourth-order valence-electron chi connectivity index (χ4n) is 0.881. The van der Waals surface area contributed by atoms with Crippen LogP contribution < -0.4 is 5.32 Å². The number of aromatic nitrogens is 2. The van der Waals surface area contributed by atoms with Crippen LogP contribution in [0.4, 0.5) is 0 Å². The normalized spacial score (nSPS) is 12.5. The van der Waals surface area contributed by atoms with Crippen LogP contribution in [-0.4, -0.2) is 30.8 Å². The molecule has 1 aromatic heterocycles. The molecular weight excluding hydrogens is 246 g/mol. The molecule has 0 unspecified atom stereocenters. The van der Waals surface area contributed by atoms with Crippen molar-refractivity contribution in [3.8, 4) is 0 Å². The molecule has 0 fully saturated rings. The van der Waals surface area contributed by atoms with E-state index in [4.69, 9.17) is 4.42 Å². The second kappa shape index (κ2) is 4.44. The van der Waals surface area contributed by atoms with Gasteiger partial charge in [0.05, 0.1) is 6.54 Å². The van der Waals surface area contributed by atoms with Crippen LogP contribution in [0, 0.1) is 5.41 Å². The third-order valence-corrected chi connectivity index (χ3v) is 2.65. The Kier molecular flexibility index (Phi) is 3.56. The molecule has 1 aromatic rings. The van der Waals surface area contributed by atoms with Gasteiger partial charge in [0.1, 0.15) is 0 Å². The number of rotatable bonds is 3. The van der Waals surface area contributed by atoms with Crippen molar-refractivity contribution in [3.63, 3.8) is 0 Å². The molecule has 0 aliphatic rings. The van der Waals surface area contributed by atoms with Crippen LogP contribution in [0.3, 0.4) is 0 Å². The molecule has 0 bridgehead atoms. The number of amides is 1. The van der Waals surface area contributed by atoms with Gasteiger partial charge in [-0.05, 0) is 0 Å². The van der Waals surface area contributed by atoms with Crippen LogP contribution in [-0.2, 0) is 21.2 Å². The lowest BCUT2D eigenvalue weighted by molar-refractivity contribution is -0.128. The van der Waals surface area contributed by atoms with E-state index in [0.29, 0.717) is 0 Å². The Balaban J connectivity index is 2.66. The van der Waals surface area contributed by atoms with Crippen molar-refractivity contribution in [2.75, 3.05) is 6.26 Å². The van der Waals surface area contributed by atoms with E-state index in [1.54, 1.807) is 20.8 Å². The number of carbonyl (C=O) groups is 1. The maximum Gasteiger partial charge on any atom is 0.335 e. The summed E-state index contributed by atoms with van der Waals surface area (Å²) in [4.78, 5) is 11.5. The fraction of sp³-hybridized carbons (Fsp3) is 0.667. The highest BCUT2D eigenvalue weighted by atomic mass is 32.2. The summed E-state index contributed by atoms with van der Waals surface area (Å²) in [6, 6.07) is 0. The molecule has 0 aliphatic carbocycles. The molecule has 1 rings (SSSR count). The number of hydrogen-bond acceptors (Lipinski definition) is 6. The Morgan fingerprint density at radius 2 is 1.94 bits per heavy atom. The van der Waals surface area contributed by atoms with Crippen molar-refractivity contribution in [3.05, 3.63) is 5.89 Å². The lowest BCUT2D eigenvalue weighted by Gasteiger charge is -2.16. The van der Waals surface area contributed by atoms with Crippen LogP contribution in [0.15, 0.2) is 9.64 Å². The first-order chi connectivity index (χ1) is 7.60. The summed E-state index contributed by atoms with van der Waals surface area (Å²) in [7, 11) is -3.50. The third kappa shape index (κ3) is 3.81. The number of carbonyl (C=O) groups excluding carboxylic acids is 1. The van der Waals surface area contributed by atoms with E-state index in [2.05, 4.69) is 15.5 Å². The van der Waals surface area contributed by atoms with Gasteiger partial charge in [0.2, 0.25) is 21.6 Å². The highest BCUT2D eigenvalue weighted by Crippen LogP contribution is 2.13. The summed E-state index contributed by atoms with van der Waals surface area (Å²) in [5, 5.41) is 9.02. The van der Waals surface area contributed by atoms with E-state index in [9.17, 15) is 13.2 Å². The van der Waals surface area contributed by atoms with Gasteiger partial charge in [-0.2, -0.15) is 0 Å². The first-order valence-electron chi connectivity index (χ1n) is 4.91. The van der Waals surface area contributed by atoms with E-state index < -0.39 is 20.5 Å². The predicted octanol–water partition coefficient (Wildman–Crippen LogP) is 0.135. The molecule has 0 atom stereocenters. The summed E-state index contributed by atoms with van der Waals surface area (Å²) in [5.74, 6) is -0.125. The minimum absolute atomic E-state index is 0.0125. The van der Waals surface area contributed by atoms with Crippen LogP contribution in [0.25, 0.3) is 0 Å². The van der Waals surface area contributed by atoms with E-state index >= 15 is 0 Å². The molecule has 1 amide bonds. The largest absolute Gasteiger partial charge is 0.411 e. The Bertz CT molecular complexity index is 513. The molecule has 0 spiro atoms. The lowest BCUT2D eigenvalue weighted by Crippen LogP contribution is -2.34. The molecule has 0 aromatic carbocycles. The maximum atomic E-state index is 11.5. The molecular formula is C9H15N3O4S. The molecule has 0 saturated carbocycles. The second-order valence-electron chi connectivity index (χ2n) is 4.67. The van der Waals surface area contributed by atoms with E-state index in [1.807, 2.05) is 0 Å². The van der Waals surface area contributed by atoms with Crippen molar-refractivity contribution in [2.45, 2.75) is 32.5 Å². The first kappa shape index (κ1) is 13.6. The summed E-state index contributed by atoms with van der Waals surface area (Å²) in [5.41, 5.74) is -0.528. The Labute approximate surface area is 99.5 Å². The van der Waals surface area contributed by atoms with Crippen molar-refractivity contribution < 1.29 is 17.6 Å². The van der Waals surface area contributed by atoms with Gasteiger partial charge in [-0.25, -0.2) is 8.42 Å². The zero-order chi connectivity index (χ0) is 13.3. The monoisotopic (exact) mass is 261 g/mol. The lowest BCUT2D eigenvalue weighted by atomic mass is 9.96. The van der Waals surface area contributed by atoms with Crippen LogP contribution in [0.5, 0.6) is 0 Å². The predicted molar refractivity (Wildman–Crippen MR) is 58.7 cm³/mol. The van der Waals surface area contributed by atoms with Crippen molar-refractivity contribution in [1.29, 1.82) is 0 Å². The van der Waals surface area contributed by atoms with Gasteiger partial charge in [-0.3, -0.25) is 4.79 Å². The Morgan fingerprint density at radius 1 is 1.35 bits per heavy atom. The molecule has 17 heavy (non-hydrogen) atoms. The number of nitrogens with zero attached hydrogens (tertiary/aromatic N) is 2. The van der Waals surface area contributed by atoms with Gasteiger partial charge in [0.25, 0.3) is 0 Å². The molecule has 0 aliphatic heterocycles. The van der Waals surface area contributed by atoms with Gasteiger partial charge in [-0.15, -0.1) is 5.10 Å². The van der Waals surface area contributed by atoms with Crippen molar-refractivity contribution >= 4 is 15.7 Å². The van der Waals surface area contributed by atoms with Gasteiger partial charge in [-0.1, -0.05) is 25.9 Å². The molecule has 0 radical (unpaired) electrons. The SMILES string of the molecule is CC(C)(C)C(=O)NCc1nnc(S(C)(=O)=O)o1.